The Balaban J connectivity index is 2.14. The van der Waals surface area contributed by atoms with Crippen LogP contribution in [-0.2, 0) is 11.2 Å². The fourth-order valence-corrected chi connectivity index (χ4v) is 2.27. The third-order valence-electron chi connectivity index (χ3n) is 2.33. The summed E-state index contributed by atoms with van der Waals surface area (Å²) in [5, 5.41) is 11.5. The molecule has 1 aromatic rings. The molecule has 4 nitrogen and oxygen atoms in total. The summed E-state index contributed by atoms with van der Waals surface area (Å²) < 4.78 is 0. The molecule has 0 spiro atoms. The van der Waals surface area contributed by atoms with Crippen LogP contribution in [0.2, 0.25) is 0 Å². The van der Waals surface area contributed by atoms with Gasteiger partial charge in [-0.25, -0.2) is 0 Å². The van der Waals surface area contributed by atoms with Crippen LogP contribution in [0.1, 0.15) is 12.0 Å². The molecule has 1 amide bonds. The van der Waals surface area contributed by atoms with Gasteiger partial charge in [0.15, 0.2) is 0 Å². The molecular formula is C13H20N2O2S. The fourth-order valence-electron chi connectivity index (χ4n) is 1.48. The Labute approximate surface area is 112 Å². The SMILES string of the molecule is Nc1cccc(CC(=O)NCCSCCCO)c1. The lowest BCUT2D eigenvalue weighted by molar-refractivity contribution is -0.120. The smallest absolute Gasteiger partial charge is 0.224 e. The van der Waals surface area contributed by atoms with E-state index in [0.29, 0.717) is 18.7 Å². The Morgan fingerprint density at radius 2 is 2.22 bits per heavy atom. The zero-order valence-electron chi connectivity index (χ0n) is 10.4. The van der Waals surface area contributed by atoms with E-state index in [2.05, 4.69) is 5.32 Å². The lowest BCUT2D eigenvalue weighted by Gasteiger charge is -2.05. The van der Waals surface area contributed by atoms with E-state index in [0.717, 1.165) is 23.5 Å². The van der Waals surface area contributed by atoms with Crippen molar-refractivity contribution in [2.75, 3.05) is 30.4 Å². The molecule has 0 aromatic heterocycles. The molecule has 4 N–H and O–H groups in total. The minimum atomic E-state index is 0.0170. The van der Waals surface area contributed by atoms with E-state index in [1.165, 1.54) is 0 Å². The summed E-state index contributed by atoms with van der Waals surface area (Å²) in [6, 6.07) is 7.36. The Kier molecular flexibility index (Phi) is 7.29. The minimum Gasteiger partial charge on any atom is -0.399 e. The first-order valence-corrected chi connectivity index (χ1v) is 7.17. The van der Waals surface area contributed by atoms with Crippen LogP contribution in [0.4, 0.5) is 5.69 Å². The summed E-state index contributed by atoms with van der Waals surface area (Å²) in [6.07, 6.45) is 1.17. The first kappa shape index (κ1) is 14.9. The number of carbonyl (C=O) groups is 1. The normalized spacial score (nSPS) is 10.3. The lowest BCUT2D eigenvalue weighted by atomic mass is 10.1. The Hall–Kier alpha value is -1.20. The zero-order valence-corrected chi connectivity index (χ0v) is 11.2. The van der Waals surface area contributed by atoms with Crippen molar-refractivity contribution in [2.24, 2.45) is 0 Å². The van der Waals surface area contributed by atoms with Gasteiger partial charge in [0.2, 0.25) is 5.91 Å². The van der Waals surface area contributed by atoms with E-state index in [-0.39, 0.29) is 12.5 Å². The van der Waals surface area contributed by atoms with Crippen molar-refractivity contribution in [1.82, 2.24) is 5.32 Å². The second kappa shape index (κ2) is 8.83. The molecule has 5 heteroatoms. The van der Waals surface area contributed by atoms with Crippen LogP contribution in [0.25, 0.3) is 0 Å². The topological polar surface area (TPSA) is 75.4 Å². The molecule has 0 aliphatic carbocycles. The molecular weight excluding hydrogens is 248 g/mol. The van der Waals surface area contributed by atoms with Gasteiger partial charge in [0.05, 0.1) is 6.42 Å². The van der Waals surface area contributed by atoms with Crippen LogP contribution >= 0.6 is 11.8 Å². The number of aliphatic hydroxyl groups excluding tert-OH is 1. The average Bonchev–Trinajstić information content (AvgIpc) is 2.33. The number of nitrogens with two attached hydrogens (primary N) is 1. The molecule has 0 unspecified atom stereocenters. The van der Waals surface area contributed by atoms with E-state index in [1.807, 2.05) is 18.2 Å². The lowest BCUT2D eigenvalue weighted by Crippen LogP contribution is -2.27. The monoisotopic (exact) mass is 268 g/mol. The van der Waals surface area contributed by atoms with Crippen molar-refractivity contribution in [3.8, 4) is 0 Å². The zero-order chi connectivity index (χ0) is 13.2. The molecule has 0 aliphatic rings. The first-order chi connectivity index (χ1) is 8.72. The Morgan fingerprint density at radius 3 is 2.94 bits per heavy atom. The molecule has 100 valence electrons. The highest BCUT2D eigenvalue weighted by Gasteiger charge is 2.02. The maximum atomic E-state index is 11.6. The van der Waals surface area contributed by atoms with Crippen LogP contribution in [-0.4, -0.2) is 35.7 Å². The molecule has 0 bridgehead atoms. The number of hydrogen-bond donors (Lipinski definition) is 3. The number of carbonyl (C=O) groups excluding carboxylic acids is 1. The van der Waals surface area contributed by atoms with Crippen molar-refractivity contribution >= 4 is 23.4 Å². The third kappa shape index (κ3) is 6.51. The van der Waals surface area contributed by atoms with Crippen molar-refractivity contribution in [2.45, 2.75) is 12.8 Å². The molecule has 0 aliphatic heterocycles. The van der Waals surface area contributed by atoms with Gasteiger partial charge in [-0.05, 0) is 29.9 Å². The number of benzene rings is 1. The molecule has 1 rings (SSSR count). The van der Waals surface area contributed by atoms with Gasteiger partial charge in [-0.15, -0.1) is 0 Å². The molecule has 0 atom stereocenters. The summed E-state index contributed by atoms with van der Waals surface area (Å²) in [5.41, 5.74) is 7.26. The molecule has 18 heavy (non-hydrogen) atoms. The maximum absolute atomic E-state index is 11.6. The van der Waals surface area contributed by atoms with Gasteiger partial charge >= 0.3 is 0 Å². The second-order valence-electron chi connectivity index (χ2n) is 3.96. The van der Waals surface area contributed by atoms with Gasteiger partial charge in [-0.1, -0.05) is 12.1 Å². The Bertz CT molecular complexity index is 372. The van der Waals surface area contributed by atoms with E-state index < -0.39 is 0 Å². The number of nitrogens with one attached hydrogen (secondary N) is 1. The molecule has 0 fully saturated rings. The van der Waals surface area contributed by atoms with E-state index >= 15 is 0 Å². The van der Waals surface area contributed by atoms with Crippen LogP contribution in [0.3, 0.4) is 0 Å². The van der Waals surface area contributed by atoms with E-state index in [4.69, 9.17) is 10.8 Å². The molecule has 0 heterocycles. The number of aliphatic hydroxyl groups is 1. The van der Waals surface area contributed by atoms with Gasteiger partial charge in [0, 0.05) is 24.6 Å². The van der Waals surface area contributed by atoms with E-state index in [9.17, 15) is 4.79 Å². The summed E-state index contributed by atoms with van der Waals surface area (Å²) in [6.45, 7) is 0.895. The van der Waals surface area contributed by atoms with Crippen molar-refractivity contribution in [3.63, 3.8) is 0 Å². The van der Waals surface area contributed by atoms with E-state index in [1.54, 1.807) is 17.8 Å². The number of nitrogen functional groups attached to an aromatic ring is 1. The number of rotatable bonds is 8. The second-order valence-corrected chi connectivity index (χ2v) is 5.19. The first-order valence-electron chi connectivity index (χ1n) is 6.02. The highest BCUT2D eigenvalue weighted by atomic mass is 32.2. The number of amides is 1. The highest BCUT2D eigenvalue weighted by Crippen LogP contribution is 2.07. The van der Waals surface area contributed by atoms with Crippen LogP contribution in [0.5, 0.6) is 0 Å². The average molecular weight is 268 g/mol. The van der Waals surface area contributed by atoms with Crippen LogP contribution in [0.15, 0.2) is 24.3 Å². The number of hydrogen-bond acceptors (Lipinski definition) is 4. The van der Waals surface area contributed by atoms with Crippen LogP contribution < -0.4 is 11.1 Å². The largest absolute Gasteiger partial charge is 0.399 e. The Morgan fingerprint density at radius 1 is 1.39 bits per heavy atom. The van der Waals surface area contributed by atoms with Crippen LogP contribution in [0, 0.1) is 0 Å². The quantitative estimate of drug-likeness (QED) is 0.486. The molecule has 1 aromatic carbocycles. The van der Waals surface area contributed by atoms with Gasteiger partial charge in [0.25, 0.3) is 0 Å². The van der Waals surface area contributed by atoms with Gasteiger partial charge < -0.3 is 16.2 Å². The highest BCUT2D eigenvalue weighted by molar-refractivity contribution is 7.99. The number of thioether (sulfide) groups is 1. The molecule has 0 radical (unpaired) electrons. The summed E-state index contributed by atoms with van der Waals surface area (Å²) in [7, 11) is 0. The standard InChI is InChI=1S/C13H20N2O2S/c14-12-4-1-3-11(9-12)10-13(17)15-5-8-18-7-2-6-16/h1,3-4,9,16H,2,5-8,10,14H2,(H,15,17). The third-order valence-corrected chi connectivity index (χ3v) is 3.40. The van der Waals surface area contributed by atoms with Gasteiger partial charge in [-0.3, -0.25) is 4.79 Å². The van der Waals surface area contributed by atoms with Gasteiger partial charge in [0.1, 0.15) is 0 Å². The fraction of sp³-hybridized carbons (Fsp3) is 0.462. The van der Waals surface area contributed by atoms with Gasteiger partial charge in [-0.2, -0.15) is 11.8 Å². The minimum absolute atomic E-state index is 0.0170. The van der Waals surface area contributed by atoms with Crippen molar-refractivity contribution in [3.05, 3.63) is 29.8 Å². The summed E-state index contributed by atoms with van der Waals surface area (Å²) in [5.74, 6) is 1.83. The van der Waals surface area contributed by atoms with Crippen molar-refractivity contribution in [1.29, 1.82) is 0 Å². The number of anilines is 1. The molecule has 0 saturated heterocycles. The summed E-state index contributed by atoms with van der Waals surface area (Å²) in [4.78, 5) is 11.6. The predicted octanol–water partition coefficient (Wildman–Crippen LogP) is 1.04. The maximum Gasteiger partial charge on any atom is 0.224 e. The predicted molar refractivity (Wildman–Crippen MR) is 76.6 cm³/mol. The van der Waals surface area contributed by atoms with Crippen molar-refractivity contribution < 1.29 is 9.90 Å². The molecule has 0 saturated carbocycles. The summed E-state index contributed by atoms with van der Waals surface area (Å²) >= 11 is 1.73.